The Bertz CT molecular complexity index is 669. The van der Waals surface area contributed by atoms with E-state index in [0.717, 1.165) is 4.73 Å². The van der Waals surface area contributed by atoms with Crippen LogP contribution in [0.2, 0.25) is 0 Å². The molecule has 0 radical (unpaired) electrons. The van der Waals surface area contributed by atoms with Crippen LogP contribution in [-0.2, 0) is 0 Å². The van der Waals surface area contributed by atoms with Gasteiger partial charge in [-0.2, -0.15) is 9.99 Å². The Balaban J connectivity index is 2.84. The van der Waals surface area contributed by atoms with Gasteiger partial charge in [0, 0.05) is 10.8 Å². The highest BCUT2D eigenvalue weighted by atomic mass is 16.5. The predicted octanol–water partition coefficient (Wildman–Crippen LogP) is 2.98. The monoisotopic (exact) mass is 242 g/mol. The highest BCUT2D eigenvalue weighted by Gasteiger charge is 2.30. The molecule has 0 aliphatic rings. The number of nitriles is 1. The predicted molar refractivity (Wildman–Crippen MR) is 67.6 cm³/mol. The van der Waals surface area contributed by atoms with Crippen molar-refractivity contribution in [1.29, 1.82) is 5.26 Å². The maximum Gasteiger partial charge on any atom is 0.189 e. The molecule has 1 aromatic heterocycles. The zero-order valence-electron chi connectivity index (χ0n) is 10.6. The quantitative estimate of drug-likeness (QED) is 0.617. The van der Waals surface area contributed by atoms with E-state index in [0.29, 0.717) is 10.9 Å². The molecule has 0 saturated carbocycles. The van der Waals surface area contributed by atoms with Crippen molar-refractivity contribution in [2.75, 3.05) is 0 Å². The topological polar surface area (TPSA) is 66.0 Å². The third-order valence-corrected chi connectivity index (χ3v) is 2.86. The first-order valence-corrected chi connectivity index (χ1v) is 5.65. The number of hydrogen-bond donors (Lipinski definition) is 1. The summed E-state index contributed by atoms with van der Waals surface area (Å²) in [5.41, 5.74) is 0.112. The number of fused-ring (bicyclic) bond motifs is 1. The van der Waals surface area contributed by atoms with Crippen LogP contribution in [0.4, 0.5) is 0 Å². The van der Waals surface area contributed by atoms with E-state index < -0.39 is 5.41 Å². The maximum absolute atomic E-state index is 12.3. The van der Waals surface area contributed by atoms with Crippen LogP contribution >= 0.6 is 0 Å². The SMILES string of the molecule is CC(C)(C)C(=O)c1c(C#N)c2ccccc2n1O. The standard InChI is InChI=1S/C14H14N2O2/c1-14(2,3)13(17)12-10(8-15)9-6-4-5-7-11(9)16(12)18/h4-7,18H,1-3H3. The summed E-state index contributed by atoms with van der Waals surface area (Å²) in [6.45, 7) is 5.27. The highest BCUT2D eigenvalue weighted by molar-refractivity contribution is 6.06. The van der Waals surface area contributed by atoms with E-state index in [4.69, 9.17) is 0 Å². The van der Waals surface area contributed by atoms with Gasteiger partial charge >= 0.3 is 0 Å². The van der Waals surface area contributed by atoms with Gasteiger partial charge < -0.3 is 5.21 Å². The zero-order chi connectivity index (χ0) is 13.5. The van der Waals surface area contributed by atoms with Crippen LogP contribution in [0, 0.1) is 16.7 Å². The number of carbonyl (C=O) groups excluding carboxylic acids is 1. The van der Waals surface area contributed by atoms with E-state index in [1.54, 1.807) is 45.0 Å². The van der Waals surface area contributed by atoms with Crippen LogP contribution in [0.5, 0.6) is 0 Å². The lowest BCUT2D eigenvalue weighted by Crippen LogP contribution is -2.23. The van der Waals surface area contributed by atoms with Gasteiger partial charge in [-0.05, 0) is 6.07 Å². The molecule has 92 valence electrons. The third kappa shape index (κ3) is 1.65. The van der Waals surface area contributed by atoms with Gasteiger partial charge in [0.05, 0.1) is 11.1 Å². The Morgan fingerprint density at radius 3 is 2.50 bits per heavy atom. The van der Waals surface area contributed by atoms with Crippen molar-refractivity contribution in [3.63, 3.8) is 0 Å². The van der Waals surface area contributed by atoms with E-state index in [2.05, 4.69) is 0 Å². The molecule has 0 amide bonds. The first-order valence-electron chi connectivity index (χ1n) is 5.65. The molecule has 1 aromatic carbocycles. The van der Waals surface area contributed by atoms with Crippen molar-refractivity contribution in [3.05, 3.63) is 35.5 Å². The molecule has 4 nitrogen and oxygen atoms in total. The van der Waals surface area contributed by atoms with Gasteiger partial charge in [0.15, 0.2) is 5.78 Å². The highest BCUT2D eigenvalue weighted by Crippen LogP contribution is 2.29. The van der Waals surface area contributed by atoms with Gasteiger partial charge in [-0.15, -0.1) is 0 Å². The summed E-state index contributed by atoms with van der Waals surface area (Å²) in [6.07, 6.45) is 0. The van der Waals surface area contributed by atoms with Crippen molar-refractivity contribution in [1.82, 2.24) is 4.73 Å². The Labute approximate surface area is 105 Å². The fourth-order valence-electron chi connectivity index (χ4n) is 1.90. The van der Waals surface area contributed by atoms with Gasteiger partial charge in [0.1, 0.15) is 11.8 Å². The number of Topliss-reactive ketones (excluding diaryl/α,β-unsaturated/α-hetero) is 1. The molecule has 2 rings (SSSR count). The second-order valence-corrected chi connectivity index (χ2v) is 5.24. The zero-order valence-corrected chi connectivity index (χ0v) is 10.6. The van der Waals surface area contributed by atoms with E-state index >= 15 is 0 Å². The number of para-hydroxylation sites is 1. The van der Waals surface area contributed by atoms with Crippen LogP contribution in [0.3, 0.4) is 0 Å². The minimum Gasteiger partial charge on any atom is -0.428 e. The number of aromatic nitrogens is 1. The first-order chi connectivity index (χ1) is 8.38. The molecule has 2 aromatic rings. The van der Waals surface area contributed by atoms with Gasteiger partial charge in [0.2, 0.25) is 0 Å². The molecule has 0 unspecified atom stereocenters. The Hall–Kier alpha value is -2.28. The number of carbonyl (C=O) groups is 1. The molecule has 18 heavy (non-hydrogen) atoms. The molecule has 0 bridgehead atoms. The average Bonchev–Trinajstić information content (AvgIpc) is 2.60. The summed E-state index contributed by atoms with van der Waals surface area (Å²) >= 11 is 0. The first kappa shape index (κ1) is 12.2. The van der Waals surface area contributed by atoms with Crippen molar-refractivity contribution >= 4 is 16.7 Å². The molecule has 0 spiro atoms. The summed E-state index contributed by atoms with van der Waals surface area (Å²) in [4.78, 5) is 12.3. The molecule has 4 heteroatoms. The van der Waals surface area contributed by atoms with Crippen molar-refractivity contribution in [3.8, 4) is 6.07 Å². The summed E-state index contributed by atoms with van der Waals surface area (Å²) in [7, 11) is 0. The molecular weight excluding hydrogens is 228 g/mol. The Morgan fingerprint density at radius 2 is 1.94 bits per heavy atom. The summed E-state index contributed by atoms with van der Waals surface area (Å²) in [6, 6.07) is 8.93. The second kappa shape index (κ2) is 3.88. The number of ketones is 1. The lowest BCUT2D eigenvalue weighted by Gasteiger charge is -2.16. The number of rotatable bonds is 1. The minimum atomic E-state index is -0.652. The second-order valence-electron chi connectivity index (χ2n) is 5.24. The molecule has 0 aliphatic heterocycles. The Kier molecular flexibility index (Phi) is 2.63. The van der Waals surface area contributed by atoms with Crippen LogP contribution in [0.15, 0.2) is 24.3 Å². The minimum absolute atomic E-state index is 0.0613. The molecule has 1 heterocycles. The van der Waals surface area contributed by atoms with E-state index in [1.165, 1.54) is 0 Å². The maximum atomic E-state index is 12.3. The number of benzene rings is 1. The average molecular weight is 242 g/mol. The third-order valence-electron chi connectivity index (χ3n) is 2.86. The van der Waals surface area contributed by atoms with Gasteiger partial charge in [0.25, 0.3) is 0 Å². The van der Waals surface area contributed by atoms with Crippen LogP contribution in [0.25, 0.3) is 10.9 Å². The summed E-state index contributed by atoms with van der Waals surface area (Å²) < 4.78 is 0.821. The normalized spacial score (nSPS) is 11.4. The summed E-state index contributed by atoms with van der Waals surface area (Å²) in [5.74, 6) is -0.252. The molecule has 0 atom stereocenters. The van der Waals surface area contributed by atoms with Gasteiger partial charge in [-0.1, -0.05) is 39.0 Å². The summed E-state index contributed by atoms with van der Waals surface area (Å²) in [5, 5.41) is 19.9. The van der Waals surface area contributed by atoms with Crippen LogP contribution in [-0.4, -0.2) is 15.7 Å². The molecule has 0 aliphatic carbocycles. The van der Waals surface area contributed by atoms with Crippen molar-refractivity contribution < 1.29 is 10.0 Å². The lowest BCUT2D eigenvalue weighted by atomic mass is 9.87. The number of nitrogens with zero attached hydrogens (tertiary/aromatic N) is 2. The van der Waals surface area contributed by atoms with E-state index in [9.17, 15) is 15.3 Å². The lowest BCUT2D eigenvalue weighted by molar-refractivity contribution is 0.0812. The van der Waals surface area contributed by atoms with Crippen LogP contribution in [0.1, 0.15) is 36.8 Å². The fraction of sp³-hybridized carbons (Fsp3) is 0.286. The van der Waals surface area contributed by atoms with E-state index in [1.807, 2.05) is 6.07 Å². The van der Waals surface area contributed by atoms with Crippen LogP contribution < -0.4 is 0 Å². The number of hydrogen-bond acceptors (Lipinski definition) is 3. The fourth-order valence-corrected chi connectivity index (χ4v) is 1.90. The molecule has 1 N–H and O–H groups in total. The van der Waals surface area contributed by atoms with Crippen molar-refractivity contribution in [2.45, 2.75) is 20.8 Å². The van der Waals surface area contributed by atoms with Gasteiger partial charge in [-0.3, -0.25) is 4.79 Å². The molecular formula is C14H14N2O2. The van der Waals surface area contributed by atoms with Crippen molar-refractivity contribution in [2.24, 2.45) is 5.41 Å². The molecule has 0 fully saturated rings. The van der Waals surface area contributed by atoms with Gasteiger partial charge in [-0.25, -0.2) is 0 Å². The molecule has 0 saturated heterocycles. The van der Waals surface area contributed by atoms with E-state index in [-0.39, 0.29) is 17.0 Å². The smallest absolute Gasteiger partial charge is 0.189 e. The largest absolute Gasteiger partial charge is 0.428 e. The Morgan fingerprint density at radius 1 is 1.33 bits per heavy atom.